The summed E-state index contributed by atoms with van der Waals surface area (Å²) in [6, 6.07) is 17.8. The molecule has 0 aliphatic heterocycles. The molecule has 0 atom stereocenters. The van der Waals surface area contributed by atoms with Crippen LogP contribution in [0, 0.1) is 11.3 Å². The summed E-state index contributed by atoms with van der Waals surface area (Å²) in [6.45, 7) is 0. The molecular weight excluding hydrogens is 237 g/mol. The largest absolute Gasteiger partial charge is 0.216 e. The van der Waals surface area contributed by atoms with Crippen LogP contribution in [0.15, 0.2) is 60.9 Å². The second-order valence-corrected chi connectivity index (χ2v) is 4.29. The second-order valence-electron chi connectivity index (χ2n) is 4.29. The number of nitrogens with zero attached hydrogens (tertiary/aromatic N) is 1. The molecule has 0 spiro atoms. The van der Waals surface area contributed by atoms with Crippen molar-refractivity contribution in [2.45, 2.75) is 12.8 Å². The fraction of sp³-hybridized carbons (Fsp3) is 0.118. The molecule has 1 nitrogen and oxygen atoms in total. The highest BCUT2D eigenvalue weighted by Gasteiger charge is 1.98. The first kappa shape index (κ1) is 13.0. The van der Waals surface area contributed by atoms with Crippen LogP contribution in [-0.2, 0) is 6.42 Å². The van der Waals surface area contributed by atoms with Gasteiger partial charge >= 0.3 is 0 Å². The number of halogens is 1. The Morgan fingerprint density at radius 3 is 2.05 bits per heavy atom. The molecule has 0 N–H and O–H groups in total. The minimum Gasteiger partial charge on any atom is -0.216 e. The van der Waals surface area contributed by atoms with Crippen molar-refractivity contribution in [2.24, 2.45) is 0 Å². The van der Waals surface area contributed by atoms with E-state index in [9.17, 15) is 4.39 Å². The Bertz CT molecular complexity index is 589. The lowest BCUT2D eigenvalue weighted by molar-refractivity contribution is 0.713. The maximum atomic E-state index is 11.8. The Labute approximate surface area is 112 Å². The van der Waals surface area contributed by atoms with E-state index in [1.165, 1.54) is 11.6 Å². The molecular formula is C17H14FN. The van der Waals surface area contributed by atoms with E-state index in [-0.39, 0.29) is 0 Å². The van der Waals surface area contributed by atoms with Gasteiger partial charge in [-0.3, -0.25) is 0 Å². The van der Waals surface area contributed by atoms with Crippen molar-refractivity contribution < 1.29 is 4.39 Å². The summed E-state index contributed by atoms with van der Waals surface area (Å²) < 4.78 is 11.8. The summed E-state index contributed by atoms with van der Waals surface area (Å²) in [5, 5.41) is 8.76. The summed E-state index contributed by atoms with van der Waals surface area (Å²) in [5.74, 6) is 0. The van der Waals surface area contributed by atoms with Crippen LogP contribution in [-0.4, -0.2) is 0 Å². The fourth-order valence-corrected chi connectivity index (χ4v) is 1.91. The molecule has 19 heavy (non-hydrogen) atoms. The van der Waals surface area contributed by atoms with Gasteiger partial charge in [0.2, 0.25) is 0 Å². The molecule has 0 amide bonds. The van der Waals surface area contributed by atoms with Crippen LogP contribution in [0.2, 0.25) is 0 Å². The molecule has 0 saturated heterocycles. The standard InChI is InChI=1S/C17H14FN/c18-12-2-1-3-14-4-8-16(9-5-14)17-10-6-15(13-19)7-11-17/h2,4-12H,1,3H2. The normalized spacial score (nSPS) is 10.5. The molecule has 0 bridgehead atoms. The van der Waals surface area contributed by atoms with Gasteiger partial charge in [-0.25, -0.2) is 4.39 Å². The van der Waals surface area contributed by atoms with E-state index in [0.29, 0.717) is 18.3 Å². The van der Waals surface area contributed by atoms with Gasteiger partial charge < -0.3 is 0 Å². The lowest BCUT2D eigenvalue weighted by Gasteiger charge is -2.04. The fourth-order valence-electron chi connectivity index (χ4n) is 1.91. The van der Waals surface area contributed by atoms with Crippen LogP contribution in [0.25, 0.3) is 11.1 Å². The minimum atomic E-state index is 0.588. The Morgan fingerprint density at radius 1 is 0.947 bits per heavy atom. The van der Waals surface area contributed by atoms with Crippen molar-refractivity contribution in [1.82, 2.24) is 0 Å². The number of aryl methyl sites for hydroxylation is 1. The van der Waals surface area contributed by atoms with Crippen LogP contribution in [0.4, 0.5) is 4.39 Å². The molecule has 2 aromatic carbocycles. The van der Waals surface area contributed by atoms with Crippen molar-refractivity contribution in [3.05, 3.63) is 72.1 Å². The smallest absolute Gasteiger partial charge is 0.0991 e. The van der Waals surface area contributed by atoms with Crippen LogP contribution in [0.3, 0.4) is 0 Å². The first-order chi connectivity index (χ1) is 9.33. The second kappa shape index (κ2) is 6.51. The first-order valence-electron chi connectivity index (χ1n) is 6.18. The molecule has 0 heterocycles. The predicted molar refractivity (Wildman–Crippen MR) is 75.2 cm³/mol. The van der Waals surface area contributed by atoms with E-state index in [4.69, 9.17) is 5.26 Å². The Hall–Kier alpha value is -2.40. The number of benzene rings is 2. The lowest BCUT2D eigenvalue weighted by Crippen LogP contribution is -1.84. The zero-order valence-corrected chi connectivity index (χ0v) is 10.5. The van der Waals surface area contributed by atoms with E-state index in [1.54, 1.807) is 0 Å². The predicted octanol–water partition coefficient (Wildman–Crippen LogP) is 4.64. The quantitative estimate of drug-likeness (QED) is 0.776. The molecule has 2 rings (SSSR count). The zero-order valence-electron chi connectivity index (χ0n) is 10.5. The average molecular weight is 251 g/mol. The first-order valence-corrected chi connectivity index (χ1v) is 6.18. The zero-order chi connectivity index (χ0) is 13.5. The van der Waals surface area contributed by atoms with Gasteiger partial charge in [-0.1, -0.05) is 42.5 Å². The van der Waals surface area contributed by atoms with E-state index in [0.717, 1.165) is 17.5 Å². The third-order valence-electron chi connectivity index (χ3n) is 2.99. The van der Waals surface area contributed by atoms with Gasteiger partial charge in [0.05, 0.1) is 18.0 Å². The molecule has 0 aliphatic carbocycles. The highest BCUT2D eigenvalue weighted by atomic mass is 19.1. The van der Waals surface area contributed by atoms with Gasteiger partial charge in [-0.2, -0.15) is 5.26 Å². The highest BCUT2D eigenvalue weighted by molar-refractivity contribution is 5.64. The van der Waals surface area contributed by atoms with Crippen LogP contribution in [0.5, 0.6) is 0 Å². The number of hydrogen-bond donors (Lipinski definition) is 0. The van der Waals surface area contributed by atoms with Gasteiger partial charge in [-0.15, -0.1) is 0 Å². The third-order valence-corrected chi connectivity index (χ3v) is 2.99. The van der Waals surface area contributed by atoms with Crippen molar-refractivity contribution in [3.8, 4) is 17.2 Å². The van der Waals surface area contributed by atoms with Crippen LogP contribution < -0.4 is 0 Å². The maximum Gasteiger partial charge on any atom is 0.0991 e. The van der Waals surface area contributed by atoms with Gasteiger partial charge in [0.25, 0.3) is 0 Å². The maximum absolute atomic E-state index is 11.8. The Morgan fingerprint density at radius 2 is 1.53 bits per heavy atom. The third kappa shape index (κ3) is 3.53. The molecule has 2 heteroatoms. The summed E-state index contributed by atoms with van der Waals surface area (Å²) in [6.07, 6.45) is 3.67. The van der Waals surface area contributed by atoms with Crippen molar-refractivity contribution in [2.75, 3.05) is 0 Å². The molecule has 94 valence electrons. The SMILES string of the molecule is N#Cc1ccc(-c2ccc(CCC=CF)cc2)cc1. The molecule has 0 fully saturated rings. The Kier molecular flexibility index (Phi) is 4.47. The summed E-state index contributed by atoms with van der Waals surface area (Å²) >= 11 is 0. The van der Waals surface area contributed by atoms with Crippen molar-refractivity contribution in [3.63, 3.8) is 0 Å². The highest BCUT2D eigenvalue weighted by Crippen LogP contribution is 2.20. The number of nitriles is 1. The van der Waals surface area contributed by atoms with E-state index in [2.05, 4.69) is 30.3 Å². The van der Waals surface area contributed by atoms with Gasteiger partial charge in [0, 0.05) is 0 Å². The van der Waals surface area contributed by atoms with Crippen LogP contribution in [0.1, 0.15) is 17.5 Å². The van der Waals surface area contributed by atoms with Gasteiger partial charge in [0.1, 0.15) is 0 Å². The lowest BCUT2D eigenvalue weighted by atomic mass is 10.0. The van der Waals surface area contributed by atoms with Gasteiger partial charge in [0.15, 0.2) is 0 Å². The van der Waals surface area contributed by atoms with Crippen molar-refractivity contribution >= 4 is 0 Å². The van der Waals surface area contributed by atoms with E-state index >= 15 is 0 Å². The summed E-state index contributed by atoms with van der Waals surface area (Å²) in [7, 11) is 0. The van der Waals surface area contributed by atoms with Gasteiger partial charge in [-0.05, 0) is 41.7 Å². The molecule has 0 unspecified atom stereocenters. The number of rotatable bonds is 4. The topological polar surface area (TPSA) is 23.8 Å². The molecule has 0 aromatic heterocycles. The molecule has 0 aliphatic rings. The number of hydrogen-bond acceptors (Lipinski definition) is 1. The average Bonchev–Trinajstić information content (AvgIpc) is 2.48. The monoisotopic (exact) mass is 251 g/mol. The van der Waals surface area contributed by atoms with E-state index in [1.807, 2.05) is 24.3 Å². The summed E-state index contributed by atoms with van der Waals surface area (Å²) in [5.41, 5.74) is 4.07. The Balaban J connectivity index is 2.11. The van der Waals surface area contributed by atoms with E-state index < -0.39 is 0 Å². The summed E-state index contributed by atoms with van der Waals surface area (Å²) in [4.78, 5) is 0. The van der Waals surface area contributed by atoms with Crippen LogP contribution >= 0.6 is 0 Å². The number of allylic oxidation sites excluding steroid dienone is 1. The van der Waals surface area contributed by atoms with Crippen molar-refractivity contribution in [1.29, 1.82) is 5.26 Å². The minimum absolute atomic E-state index is 0.588. The molecule has 0 radical (unpaired) electrons. The molecule has 0 saturated carbocycles. The molecule has 2 aromatic rings.